The predicted octanol–water partition coefficient (Wildman–Crippen LogP) is 2.83. The van der Waals surface area contributed by atoms with Gasteiger partial charge in [-0.3, -0.25) is 0 Å². The van der Waals surface area contributed by atoms with Gasteiger partial charge in [0.2, 0.25) is 0 Å². The molecule has 2 aromatic rings. The molecule has 4 rings (SSSR count). The van der Waals surface area contributed by atoms with Gasteiger partial charge in [0.05, 0.1) is 23.6 Å². The van der Waals surface area contributed by atoms with Crippen LogP contribution < -0.4 is 10.6 Å². The number of ether oxygens (including phenoxy) is 2. The highest BCUT2D eigenvalue weighted by atomic mass is 16.7. The molecule has 2 aliphatic heterocycles. The molecule has 2 heterocycles. The van der Waals surface area contributed by atoms with Crippen LogP contribution in [0, 0.1) is 0 Å². The predicted molar refractivity (Wildman–Crippen MR) is 113 cm³/mol. The number of aliphatic hydroxyl groups is 2. The van der Waals surface area contributed by atoms with Crippen molar-refractivity contribution in [3.05, 3.63) is 58.7 Å². The van der Waals surface area contributed by atoms with E-state index in [1.165, 1.54) is 23.8 Å². The Hall–Kier alpha value is -2.12. The van der Waals surface area contributed by atoms with Crippen LogP contribution in [0.25, 0.3) is 0 Å². The molecule has 0 spiro atoms. The average Bonchev–Trinajstić information content (AvgIpc) is 2.75. The minimum atomic E-state index is -1.03. The van der Waals surface area contributed by atoms with E-state index in [0.717, 1.165) is 42.9 Å². The van der Waals surface area contributed by atoms with Crippen molar-refractivity contribution < 1.29 is 19.7 Å². The third kappa shape index (κ3) is 4.26. The summed E-state index contributed by atoms with van der Waals surface area (Å²) in [4.78, 5) is 0. The lowest BCUT2D eigenvalue weighted by atomic mass is 9.91. The summed E-state index contributed by atoms with van der Waals surface area (Å²) in [5.74, 6) is 0. The molecule has 1 saturated heterocycles. The van der Waals surface area contributed by atoms with Crippen molar-refractivity contribution in [1.29, 1.82) is 0 Å². The molecule has 1 fully saturated rings. The molecule has 156 valence electrons. The van der Waals surface area contributed by atoms with Crippen LogP contribution in [-0.2, 0) is 22.3 Å². The molecule has 0 aromatic heterocycles. The van der Waals surface area contributed by atoms with Crippen molar-refractivity contribution in [3.8, 4) is 0 Å². The lowest BCUT2D eigenvalue weighted by Crippen LogP contribution is -2.46. The van der Waals surface area contributed by atoms with E-state index < -0.39 is 18.5 Å². The third-order valence-electron chi connectivity index (χ3n) is 5.88. The molecule has 0 saturated carbocycles. The van der Waals surface area contributed by atoms with Crippen molar-refractivity contribution in [2.75, 3.05) is 30.8 Å². The number of methoxy groups -OCH3 is 1. The first-order valence-electron chi connectivity index (χ1n) is 10.4. The normalized spacial score (nSPS) is 26.3. The highest BCUT2D eigenvalue weighted by Crippen LogP contribution is 2.34. The van der Waals surface area contributed by atoms with Crippen LogP contribution in [0.4, 0.5) is 11.4 Å². The van der Waals surface area contributed by atoms with Crippen LogP contribution in [-0.4, -0.2) is 48.9 Å². The Kier molecular flexibility index (Phi) is 6.06. The molecule has 2 aromatic carbocycles. The average molecular weight is 399 g/mol. The highest BCUT2D eigenvalue weighted by Gasteiger charge is 2.37. The molecule has 0 radical (unpaired) electrons. The lowest BCUT2D eigenvalue weighted by Gasteiger charge is -2.36. The van der Waals surface area contributed by atoms with Gasteiger partial charge in [-0.25, -0.2) is 0 Å². The van der Waals surface area contributed by atoms with Gasteiger partial charge >= 0.3 is 0 Å². The monoisotopic (exact) mass is 398 g/mol. The quantitative estimate of drug-likeness (QED) is 0.620. The van der Waals surface area contributed by atoms with Crippen molar-refractivity contribution in [1.82, 2.24) is 0 Å². The van der Waals surface area contributed by atoms with Crippen LogP contribution in [0.5, 0.6) is 0 Å². The standard InChI is InChI=1S/C23H30N2O4/c1-3-15-5-6-16(21-13-20(26)22(27)23(28-2)29-21)12-17(15)10-14-4-7-18-19(11-14)25-9-8-24-18/h4-7,11-12,20-27H,3,8-10,13H2,1-2H3/t20-,21-,22+,23+/m1/s1. The number of aryl methyl sites for hydroxylation is 1. The first kappa shape index (κ1) is 20.2. The maximum atomic E-state index is 10.2. The van der Waals surface area contributed by atoms with Gasteiger partial charge in [0, 0.05) is 26.6 Å². The number of fused-ring (bicyclic) bond motifs is 1. The third-order valence-corrected chi connectivity index (χ3v) is 5.88. The van der Waals surface area contributed by atoms with Gasteiger partial charge < -0.3 is 30.3 Å². The number of aliphatic hydroxyl groups excluding tert-OH is 2. The van der Waals surface area contributed by atoms with Crippen molar-refractivity contribution in [3.63, 3.8) is 0 Å². The van der Waals surface area contributed by atoms with E-state index >= 15 is 0 Å². The van der Waals surface area contributed by atoms with Gasteiger partial charge in [-0.2, -0.15) is 0 Å². The second kappa shape index (κ2) is 8.71. The van der Waals surface area contributed by atoms with E-state index in [4.69, 9.17) is 9.47 Å². The number of hydrogen-bond acceptors (Lipinski definition) is 6. The lowest BCUT2D eigenvalue weighted by molar-refractivity contribution is -0.259. The molecule has 4 N–H and O–H groups in total. The largest absolute Gasteiger partial charge is 0.390 e. The number of hydrogen-bond donors (Lipinski definition) is 4. The van der Waals surface area contributed by atoms with Crippen LogP contribution in [0.1, 0.15) is 41.7 Å². The van der Waals surface area contributed by atoms with E-state index in [0.29, 0.717) is 6.42 Å². The summed E-state index contributed by atoms with van der Waals surface area (Å²) in [7, 11) is 1.48. The zero-order valence-electron chi connectivity index (χ0n) is 17.0. The molecular weight excluding hydrogens is 368 g/mol. The first-order chi connectivity index (χ1) is 14.1. The summed E-state index contributed by atoms with van der Waals surface area (Å²) >= 11 is 0. The van der Waals surface area contributed by atoms with Crippen LogP contribution in [0.3, 0.4) is 0 Å². The zero-order valence-corrected chi connectivity index (χ0v) is 17.0. The summed E-state index contributed by atoms with van der Waals surface area (Å²) in [5, 5.41) is 27.1. The smallest absolute Gasteiger partial charge is 0.186 e. The molecule has 6 heteroatoms. The van der Waals surface area contributed by atoms with Gasteiger partial charge in [-0.05, 0) is 47.2 Å². The zero-order chi connectivity index (χ0) is 20.4. The Morgan fingerprint density at radius 1 is 1.03 bits per heavy atom. The minimum Gasteiger partial charge on any atom is -0.390 e. The van der Waals surface area contributed by atoms with Gasteiger partial charge in [0.25, 0.3) is 0 Å². The number of rotatable bonds is 5. The van der Waals surface area contributed by atoms with Crippen LogP contribution in [0.15, 0.2) is 36.4 Å². The molecule has 0 amide bonds. The summed E-state index contributed by atoms with van der Waals surface area (Å²) in [5.41, 5.74) is 7.12. The Morgan fingerprint density at radius 2 is 1.83 bits per heavy atom. The van der Waals surface area contributed by atoms with E-state index in [-0.39, 0.29) is 6.10 Å². The molecule has 4 atom stereocenters. The van der Waals surface area contributed by atoms with Gasteiger partial charge in [0.1, 0.15) is 6.10 Å². The number of benzene rings is 2. The highest BCUT2D eigenvalue weighted by molar-refractivity contribution is 5.71. The Bertz CT molecular complexity index is 857. The maximum absolute atomic E-state index is 10.2. The van der Waals surface area contributed by atoms with E-state index in [2.05, 4.69) is 54.0 Å². The van der Waals surface area contributed by atoms with Gasteiger partial charge in [0.15, 0.2) is 6.29 Å². The second-order valence-corrected chi connectivity index (χ2v) is 7.81. The number of nitrogens with one attached hydrogen (secondary N) is 2. The van der Waals surface area contributed by atoms with Crippen molar-refractivity contribution >= 4 is 11.4 Å². The van der Waals surface area contributed by atoms with E-state index in [9.17, 15) is 10.2 Å². The maximum Gasteiger partial charge on any atom is 0.186 e. The fraction of sp³-hybridized carbons (Fsp3) is 0.478. The van der Waals surface area contributed by atoms with E-state index in [1.807, 2.05) is 0 Å². The number of anilines is 2. The van der Waals surface area contributed by atoms with Gasteiger partial charge in [-0.1, -0.05) is 31.2 Å². The SMILES string of the molecule is CCc1ccc([C@H]2C[C@@H](O)[C@H](O)[C@@H](OC)O2)cc1Cc1ccc2c(c1)NCCN2. The van der Waals surface area contributed by atoms with Crippen LogP contribution >= 0.6 is 0 Å². The fourth-order valence-corrected chi connectivity index (χ4v) is 4.22. The van der Waals surface area contributed by atoms with Crippen LogP contribution in [0.2, 0.25) is 0 Å². The molecule has 0 bridgehead atoms. The summed E-state index contributed by atoms with van der Waals surface area (Å²) < 4.78 is 11.1. The fourth-order valence-electron chi connectivity index (χ4n) is 4.22. The first-order valence-corrected chi connectivity index (χ1v) is 10.4. The molecule has 2 aliphatic rings. The molecule has 29 heavy (non-hydrogen) atoms. The van der Waals surface area contributed by atoms with Crippen molar-refractivity contribution in [2.24, 2.45) is 0 Å². The second-order valence-electron chi connectivity index (χ2n) is 7.81. The summed E-state index contributed by atoms with van der Waals surface area (Å²) in [6.07, 6.45) is -0.893. The summed E-state index contributed by atoms with van der Waals surface area (Å²) in [6, 6.07) is 12.9. The topological polar surface area (TPSA) is 83.0 Å². The van der Waals surface area contributed by atoms with Gasteiger partial charge in [-0.15, -0.1) is 0 Å². The molecule has 6 nitrogen and oxygen atoms in total. The Labute approximate surface area is 171 Å². The minimum absolute atomic E-state index is 0.308. The molecule has 0 unspecified atom stereocenters. The molecular formula is C23H30N2O4. The van der Waals surface area contributed by atoms with E-state index in [1.54, 1.807) is 0 Å². The molecule has 0 aliphatic carbocycles. The Balaban J connectivity index is 1.59. The van der Waals surface area contributed by atoms with Crippen molar-refractivity contribution in [2.45, 2.75) is 50.8 Å². The summed E-state index contributed by atoms with van der Waals surface area (Å²) in [6.45, 7) is 4.04. The Morgan fingerprint density at radius 3 is 2.59 bits per heavy atom.